The molecule has 1 rings (SSSR count). The van der Waals surface area contributed by atoms with Gasteiger partial charge in [-0.1, -0.05) is 37.6 Å². The fourth-order valence-corrected chi connectivity index (χ4v) is 2.47. The summed E-state index contributed by atoms with van der Waals surface area (Å²) in [4.78, 5) is 0. The second kappa shape index (κ2) is 5.88. The molecule has 90 valence electrons. The Balaban J connectivity index is 2.90. The summed E-state index contributed by atoms with van der Waals surface area (Å²) >= 11 is 12.1. The summed E-state index contributed by atoms with van der Waals surface area (Å²) in [5.74, 6) is 0.400. The highest BCUT2D eigenvalue weighted by Crippen LogP contribution is 2.28. The van der Waals surface area contributed by atoms with Crippen LogP contribution in [0, 0.1) is 17.7 Å². The molecule has 0 saturated heterocycles. The van der Waals surface area contributed by atoms with E-state index in [4.69, 9.17) is 23.2 Å². The Bertz CT molecular complexity index is 340. The average Bonchev–Trinajstić information content (AvgIpc) is 2.19. The minimum absolute atomic E-state index is 0.0549. The summed E-state index contributed by atoms with van der Waals surface area (Å²) < 4.78 is 13.3. The van der Waals surface area contributed by atoms with Crippen LogP contribution in [0.4, 0.5) is 4.39 Å². The van der Waals surface area contributed by atoms with Crippen molar-refractivity contribution < 1.29 is 4.39 Å². The van der Waals surface area contributed by atoms with Crippen molar-refractivity contribution in [1.82, 2.24) is 0 Å². The number of hydrogen-bond acceptors (Lipinski definition) is 0. The lowest BCUT2D eigenvalue weighted by molar-refractivity contribution is 0.376. The normalized spacial score (nSPS) is 15.2. The van der Waals surface area contributed by atoms with Gasteiger partial charge in [-0.05, 0) is 36.8 Å². The van der Waals surface area contributed by atoms with Crippen LogP contribution in [-0.4, -0.2) is 5.38 Å². The van der Waals surface area contributed by atoms with Crippen LogP contribution in [0.5, 0.6) is 0 Å². The van der Waals surface area contributed by atoms with Crippen LogP contribution in [0.2, 0.25) is 5.02 Å². The summed E-state index contributed by atoms with van der Waals surface area (Å²) in [7, 11) is 0. The Morgan fingerprint density at radius 1 is 1.25 bits per heavy atom. The molecule has 1 aromatic rings. The van der Waals surface area contributed by atoms with Crippen molar-refractivity contribution in [3.63, 3.8) is 0 Å². The van der Waals surface area contributed by atoms with Gasteiger partial charge in [0.2, 0.25) is 0 Å². The van der Waals surface area contributed by atoms with E-state index in [1.165, 1.54) is 6.07 Å². The molecule has 0 N–H and O–H groups in total. The fraction of sp³-hybridized carbons (Fsp3) is 0.538. The maximum atomic E-state index is 13.3. The summed E-state index contributed by atoms with van der Waals surface area (Å²) in [6, 6.07) is 4.92. The summed E-state index contributed by atoms with van der Waals surface area (Å²) in [5.41, 5.74) is 0.841. The quantitative estimate of drug-likeness (QED) is 0.676. The van der Waals surface area contributed by atoms with Gasteiger partial charge in [-0.25, -0.2) is 4.39 Å². The maximum absolute atomic E-state index is 13.3. The zero-order valence-electron chi connectivity index (χ0n) is 9.81. The summed E-state index contributed by atoms with van der Waals surface area (Å²) in [6.07, 6.45) is 0.721. The Morgan fingerprint density at radius 2 is 1.88 bits per heavy atom. The van der Waals surface area contributed by atoms with Gasteiger partial charge in [0.05, 0.1) is 5.02 Å². The summed E-state index contributed by atoms with van der Waals surface area (Å²) in [6.45, 7) is 6.22. The van der Waals surface area contributed by atoms with Crippen molar-refractivity contribution in [1.29, 1.82) is 0 Å². The lowest BCUT2D eigenvalue weighted by atomic mass is 9.87. The smallest absolute Gasteiger partial charge is 0.142 e. The van der Waals surface area contributed by atoms with Crippen molar-refractivity contribution in [2.75, 3.05) is 0 Å². The van der Waals surface area contributed by atoms with E-state index < -0.39 is 0 Å². The molecule has 3 heteroatoms. The predicted molar refractivity (Wildman–Crippen MR) is 68.8 cm³/mol. The SMILES string of the molecule is CC(C)C(Cc1cccc(F)c1Cl)C(C)Cl. The van der Waals surface area contributed by atoms with Crippen LogP contribution in [0.1, 0.15) is 26.3 Å². The third kappa shape index (κ3) is 3.36. The van der Waals surface area contributed by atoms with Gasteiger partial charge in [0, 0.05) is 5.38 Å². The minimum atomic E-state index is -0.358. The first-order chi connectivity index (χ1) is 7.43. The maximum Gasteiger partial charge on any atom is 0.142 e. The molecule has 0 aromatic heterocycles. The number of rotatable bonds is 4. The molecule has 0 bridgehead atoms. The van der Waals surface area contributed by atoms with Crippen LogP contribution in [0.25, 0.3) is 0 Å². The van der Waals surface area contributed by atoms with Gasteiger partial charge in [0.15, 0.2) is 0 Å². The highest BCUT2D eigenvalue weighted by molar-refractivity contribution is 6.31. The van der Waals surface area contributed by atoms with Gasteiger partial charge in [-0.15, -0.1) is 11.6 Å². The first-order valence-corrected chi connectivity index (χ1v) is 6.32. The van der Waals surface area contributed by atoms with E-state index in [1.807, 2.05) is 13.0 Å². The van der Waals surface area contributed by atoms with E-state index in [0.29, 0.717) is 11.8 Å². The number of benzene rings is 1. The molecule has 2 unspecified atom stereocenters. The number of halogens is 3. The third-order valence-corrected chi connectivity index (χ3v) is 3.68. The lowest BCUT2D eigenvalue weighted by Gasteiger charge is -2.23. The third-order valence-electron chi connectivity index (χ3n) is 2.93. The summed E-state index contributed by atoms with van der Waals surface area (Å²) in [5, 5.41) is 0.282. The van der Waals surface area contributed by atoms with Gasteiger partial charge in [-0.3, -0.25) is 0 Å². The van der Waals surface area contributed by atoms with Crippen LogP contribution >= 0.6 is 23.2 Å². The van der Waals surface area contributed by atoms with Gasteiger partial charge < -0.3 is 0 Å². The Labute approximate surface area is 107 Å². The van der Waals surface area contributed by atoms with Crippen LogP contribution in [-0.2, 0) is 6.42 Å². The van der Waals surface area contributed by atoms with E-state index in [1.54, 1.807) is 6.07 Å². The van der Waals surface area contributed by atoms with Crippen molar-refractivity contribution >= 4 is 23.2 Å². The van der Waals surface area contributed by atoms with Crippen molar-refractivity contribution in [2.45, 2.75) is 32.6 Å². The van der Waals surface area contributed by atoms with E-state index in [2.05, 4.69) is 13.8 Å². The van der Waals surface area contributed by atoms with Crippen molar-refractivity contribution in [2.24, 2.45) is 11.8 Å². The van der Waals surface area contributed by atoms with E-state index >= 15 is 0 Å². The molecule has 0 aliphatic rings. The van der Waals surface area contributed by atoms with Crippen LogP contribution < -0.4 is 0 Å². The molecule has 16 heavy (non-hydrogen) atoms. The molecule has 0 heterocycles. The average molecular weight is 263 g/mol. The van der Waals surface area contributed by atoms with E-state index in [9.17, 15) is 4.39 Å². The van der Waals surface area contributed by atoms with Crippen molar-refractivity contribution in [3.05, 3.63) is 34.6 Å². The zero-order chi connectivity index (χ0) is 12.3. The minimum Gasteiger partial charge on any atom is -0.205 e. The Hall–Kier alpha value is -0.270. The first kappa shape index (κ1) is 13.8. The molecule has 0 saturated carbocycles. The van der Waals surface area contributed by atoms with Gasteiger partial charge in [0.25, 0.3) is 0 Å². The number of alkyl halides is 1. The Morgan fingerprint density at radius 3 is 2.38 bits per heavy atom. The topological polar surface area (TPSA) is 0 Å². The highest BCUT2D eigenvalue weighted by Gasteiger charge is 2.21. The number of hydrogen-bond donors (Lipinski definition) is 0. The molecule has 2 atom stereocenters. The van der Waals surface area contributed by atoms with Crippen LogP contribution in [0.15, 0.2) is 18.2 Å². The molecule has 0 aliphatic carbocycles. The highest BCUT2D eigenvalue weighted by atomic mass is 35.5. The van der Waals surface area contributed by atoms with Crippen molar-refractivity contribution in [3.8, 4) is 0 Å². The second-order valence-electron chi connectivity index (χ2n) is 4.50. The zero-order valence-corrected chi connectivity index (χ0v) is 11.3. The first-order valence-electron chi connectivity index (χ1n) is 5.50. The molecule has 0 aliphatic heterocycles. The van der Waals surface area contributed by atoms with Gasteiger partial charge >= 0.3 is 0 Å². The Kier molecular flexibility index (Phi) is 5.07. The molecular weight excluding hydrogens is 246 g/mol. The predicted octanol–water partition coefficient (Wildman–Crippen LogP) is 4.92. The van der Waals surface area contributed by atoms with Crippen LogP contribution in [0.3, 0.4) is 0 Å². The lowest BCUT2D eigenvalue weighted by Crippen LogP contribution is -2.20. The van der Waals surface area contributed by atoms with E-state index in [-0.39, 0.29) is 16.2 Å². The molecule has 0 radical (unpaired) electrons. The van der Waals surface area contributed by atoms with E-state index in [0.717, 1.165) is 12.0 Å². The molecule has 1 aromatic carbocycles. The second-order valence-corrected chi connectivity index (χ2v) is 5.57. The molecular formula is C13H17Cl2F. The monoisotopic (exact) mass is 262 g/mol. The largest absolute Gasteiger partial charge is 0.205 e. The standard InChI is InChI=1S/C13H17Cl2F/c1-8(2)11(9(3)14)7-10-5-4-6-12(16)13(10)15/h4-6,8-9,11H,7H2,1-3H3. The molecule has 0 nitrogen and oxygen atoms in total. The molecule has 0 amide bonds. The molecule has 0 fully saturated rings. The molecule has 0 spiro atoms. The van der Waals surface area contributed by atoms with Gasteiger partial charge in [0.1, 0.15) is 5.82 Å². The fourth-order valence-electron chi connectivity index (χ4n) is 1.89. The van der Waals surface area contributed by atoms with Gasteiger partial charge in [-0.2, -0.15) is 0 Å².